The minimum atomic E-state index is -0.752. The number of hydrogen-bond acceptors (Lipinski definition) is 5. The highest BCUT2D eigenvalue weighted by Crippen LogP contribution is 2.33. The van der Waals surface area contributed by atoms with Crippen LogP contribution >= 0.6 is 0 Å². The van der Waals surface area contributed by atoms with Crippen LogP contribution in [0.3, 0.4) is 0 Å². The second kappa shape index (κ2) is 5.03. The number of anilines is 2. The zero-order valence-corrected chi connectivity index (χ0v) is 11.5. The van der Waals surface area contributed by atoms with Crippen molar-refractivity contribution in [2.45, 2.75) is 33.2 Å². The topological polar surface area (TPSA) is 87.1 Å². The van der Waals surface area contributed by atoms with E-state index in [1.807, 2.05) is 6.07 Å². The number of carboxylic acid groups (broad SMARTS) is 1. The zero-order valence-electron chi connectivity index (χ0n) is 11.5. The number of nitrogens with one attached hydrogen (secondary N) is 2. The summed E-state index contributed by atoms with van der Waals surface area (Å²) in [6.07, 6.45) is 2.13. The molecule has 19 heavy (non-hydrogen) atoms. The average Bonchev–Trinajstić information content (AvgIpc) is 3.05. The Labute approximate surface area is 112 Å². The maximum atomic E-state index is 10.8. The lowest BCUT2D eigenvalue weighted by atomic mass is 9.97. The smallest absolute Gasteiger partial charge is 0.308 e. The second-order valence-corrected chi connectivity index (χ2v) is 6.13. The maximum Gasteiger partial charge on any atom is 0.308 e. The molecule has 1 aromatic rings. The molecule has 1 fully saturated rings. The minimum Gasteiger partial charge on any atom is -0.481 e. The molecule has 6 nitrogen and oxygen atoms in total. The van der Waals surface area contributed by atoms with Gasteiger partial charge >= 0.3 is 5.97 Å². The lowest BCUT2D eigenvalue weighted by molar-refractivity contribution is -0.138. The Morgan fingerprint density at radius 3 is 2.68 bits per heavy atom. The van der Waals surface area contributed by atoms with E-state index in [4.69, 9.17) is 5.11 Å². The summed E-state index contributed by atoms with van der Waals surface area (Å²) in [5.41, 5.74) is 0.170. The largest absolute Gasteiger partial charge is 0.481 e. The third kappa shape index (κ3) is 4.08. The summed E-state index contributed by atoms with van der Waals surface area (Å²) in [7, 11) is 0. The Morgan fingerprint density at radius 1 is 1.42 bits per heavy atom. The Balaban J connectivity index is 1.91. The fraction of sp³-hybridized carbons (Fsp3) is 0.615. The molecule has 104 valence electrons. The van der Waals surface area contributed by atoms with Gasteiger partial charge in [-0.2, -0.15) is 0 Å². The zero-order chi connectivity index (χ0) is 14.0. The minimum absolute atomic E-state index is 0.0112. The molecule has 2 rings (SSSR count). The van der Waals surface area contributed by atoms with Gasteiger partial charge in [-0.25, -0.2) is 9.97 Å². The summed E-state index contributed by atoms with van der Waals surface area (Å²) in [5, 5.41) is 15.2. The van der Waals surface area contributed by atoms with Gasteiger partial charge in [-0.3, -0.25) is 4.79 Å². The van der Waals surface area contributed by atoms with Gasteiger partial charge in [0.1, 0.15) is 18.0 Å². The van der Waals surface area contributed by atoms with Crippen molar-refractivity contribution in [3.8, 4) is 0 Å². The van der Waals surface area contributed by atoms with Crippen molar-refractivity contribution < 1.29 is 9.90 Å². The van der Waals surface area contributed by atoms with Crippen LogP contribution in [-0.2, 0) is 4.79 Å². The molecule has 1 aliphatic carbocycles. The fourth-order valence-electron chi connectivity index (χ4n) is 1.71. The Bertz CT molecular complexity index is 470. The molecule has 1 aliphatic rings. The molecule has 3 N–H and O–H groups in total. The van der Waals surface area contributed by atoms with Crippen molar-refractivity contribution in [1.29, 1.82) is 0 Å². The number of carboxylic acids is 1. The van der Waals surface area contributed by atoms with Crippen molar-refractivity contribution in [2.24, 2.45) is 11.3 Å². The van der Waals surface area contributed by atoms with Gasteiger partial charge in [-0.15, -0.1) is 0 Å². The summed E-state index contributed by atoms with van der Waals surface area (Å²) < 4.78 is 0. The van der Waals surface area contributed by atoms with Gasteiger partial charge in [0.05, 0.1) is 5.92 Å². The van der Waals surface area contributed by atoms with E-state index in [1.54, 1.807) is 0 Å². The molecule has 1 aromatic heterocycles. The van der Waals surface area contributed by atoms with Crippen LogP contribution in [0, 0.1) is 11.3 Å². The fourth-order valence-corrected chi connectivity index (χ4v) is 1.71. The van der Waals surface area contributed by atoms with Gasteiger partial charge in [0.15, 0.2) is 0 Å². The molecule has 0 radical (unpaired) electrons. The molecule has 2 atom stereocenters. The standard InChI is InChI=1S/C13H20N4O2/c1-13(2,3)6-14-10-5-11(16-7-15-10)17-9-4-8(9)12(18)19/h5,7-9H,4,6H2,1-3H3,(H,18,19)(H2,14,15,16,17). The number of carbonyl (C=O) groups is 1. The van der Waals surface area contributed by atoms with E-state index in [-0.39, 0.29) is 17.4 Å². The molecule has 1 saturated carbocycles. The third-order valence-electron chi connectivity index (χ3n) is 2.91. The van der Waals surface area contributed by atoms with E-state index in [0.29, 0.717) is 12.2 Å². The van der Waals surface area contributed by atoms with Crippen molar-refractivity contribution in [2.75, 3.05) is 17.2 Å². The summed E-state index contributed by atoms with van der Waals surface area (Å²) in [4.78, 5) is 19.0. The molecular weight excluding hydrogens is 244 g/mol. The third-order valence-corrected chi connectivity index (χ3v) is 2.91. The lowest BCUT2D eigenvalue weighted by Crippen LogP contribution is -2.20. The van der Waals surface area contributed by atoms with Crippen LogP contribution in [0.25, 0.3) is 0 Å². The van der Waals surface area contributed by atoms with Crippen LogP contribution in [0.1, 0.15) is 27.2 Å². The number of rotatable bonds is 5. The summed E-state index contributed by atoms with van der Waals surface area (Å²) in [6.45, 7) is 7.23. The predicted molar refractivity (Wildman–Crippen MR) is 73.1 cm³/mol. The number of hydrogen-bond donors (Lipinski definition) is 3. The van der Waals surface area contributed by atoms with Gasteiger partial charge < -0.3 is 15.7 Å². The maximum absolute atomic E-state index is 10.8. The molecule has 0 spiro atoms. The molecule has 0 saturated heterocycles. The first kappa shape index (κ1) is 13.6. The van der Waals surface area contributed by atoms with Crippen molar-refractivity contribution in [1.82, 2.24) is 9.97 Å². The Kier molecular flexibility index (Phi) is 3.59. The molecule has 0 amide bonds. The summed E-state index contributed by atoms with van der Waals surface area (Å²) >= 11 is 0. The monoisotopic (exact) mass is 264 g/mol. The first-order chi connectivity index (χ1) is 8.85. The van der Waals surface area contributed by atoms with E-state index in [2.05, 4.69) is 41.4 Å². The van der Waals surface area contributed by atoms with Crippen LogP contribution in [-0.4, -0.2) is 33.6 Å². The quantitative estimate of drug-likeness (QED) is 0.752. The van der Waals surface area contributed by atoms with E-state index in [9.17, 15) is 4.79 Å². The van der Waals surface area contributed by atoms with E-state index in [0.717, 1.165) is 12.4 Å². The molecule has 0 aliphatic heterocycles. The highest BCUT2D eigenvalue weighted by molar-refractivity contribution is 5.75. The van der Waals surface area contributed by atoms with Crippen molar-refractivity contribution in [3.63, 3.8) is 0 Å². The van der Waals surface area contributed by atoms with Crippen molar-refractivity contribution in [3.05, 3.63) is 12.4 Å². The molecular formula is C13H20N4O2. The van der Waals surface area contributed by atoms with Crippen LogP contribution < -0.4 is 10.6 Å². The highest BCUT2D eigenvalue weighted by Gasteiger charge is 2.43. The van der Waals surface area contributed by atoms with Crippen molar-refractivity contribution >= 4 is 17.6 Å². The summed E-state index contributed by atoms with van der Waals surface area (Å²) in [5.74, 6) is 0.374. The number of aromatic nitrogens is 2. The summed E-state index contributed by atoms with van der Waals surface area (Å²) in [6, 6.07) is 1.80. The molecule has 0 bridgehead atoms. The Morgan fingerprint density at radius 2 is 2.11 bits per heavy atom. The van der Waals surface area contributed by atoms with Crippen LogP contribution in [0.5, 0.6) is 0 Å². The first-order valence-corrected chi connectivity index (χ1v) is 6.40. The van der Waals surface area contributed by atoms with Crippen LogP contribution in [0.2, 0.25) is 0 Å². The van der Waals surface area contributed by atoms with Gasteiger partial charge in [0, 0.05) is 18.7 Å². The second-order valence-electron chi connectivity index (χ2n) is 6.13. The SMILES string of the molecule is CC(C)(C)CNc1cc(NC2CC2C(=O)O)ncn1. The average molecular weight is 264 g/mol. The number of aliphatic carboxylic acids is 1. The molecule has 0 aromatic carbocycles. The van der Waals surface area contributed by atoms with Gasteiger partial charge in [0.2, 0.25) is 0 Å². The predicted octanol–water partition coefficient (Wildman–Crippen LogP) is 1.82. The van der Waals surface area contributed by atoms with Gasteiger partial charge in [-0.05, 0) is 11.8 Å². The lowest BCUT2D eigenvalue weighted by Gasteiger charge is -2.19. The van der Waals surface area contributed by atoms with Gasteiger partial charge in [-0.1, -0.05) is 20.8 Å². The van der Waals surface area contributed by atoms with E-state index in [1.165, 1.54) is 6.33 Å². The molecule has 1 heterocycles. The van der Waals surface area contributed by atoms with Gasteiger partial charge in [0.25, 0.3) is 0 Å². The molecule has 6 heteroatoms. The normalized spacial score (nSPS) is 21.8. The number of nitrogens with zero attached hydrogens (tertiary/aromatic N) is 2. The Hall–Kier alpha value is -1.85. The van der Waals surface area contributed by atoms with Crippen LogP contribution in [0.15, 0.2) is 12.4 Å². The first-order valence-electron chi connectivity index (χ1n) is 6.40. The highest BCUT2D eigenvalue weighted by atomic mass is 16.4. The van der Waals surface area contributed by atoms with E-state index < -0.39 is 5.97 Å². The van der Waals surface area contributed by atoms with Crippen LogP contribution in [0.4, 0.5) is 11.6 Å². The molecule has 2 unspecified atom stereocenters. The van der Waals surface area contributed by atoms with E-state index >= 15 is 0 Å².